The molecule has 1 aliphatic heterocycles. The highest BCUT2D eigenvalue weighted by atomic mass is 35.5. The Labute approximate surface area is 124 Å². The Morgan fingerprint density at radius 2 is 1.95 bits per heavy atom. The second kappa shape index (κ2) is 6.93. The summed E-state index contributed by atoms with van der Waals surface area (Å²) in [5.74, 6) is -0.358. The first-order valence-corrected chi connectivity index (χ1v) is 7.03. The van der Waals surface area contributed by atoms with E-state index in [0.29, 0.717) is 26.3 Å². The molecule has 1 aliphatic rings. The van der Waals surface area contributed by atoms with Crippen LogP contribution in [0.15, 0.2) is 12.2 Å². The van der Waals surface area contributed by atoms with Gasteiger partial charge in [0.1, 0.15) is 0 Å². The molecule has 0 atom stereocenters. The predicted octanol–water partition coefficient (Wildman–Crippen LogP) is 2.59. The lowest BCUT2D eigenvalue weighted by molar-refractivity contribution is -0.226. The maximum atomic E-state index is 11.9. The van der Waals surface area contributed by atoms with Crippen molar-refractivity contribution in [2.24, 2.45) is 5.41 Å². The first kappa shape index (κ1) is 16.8. The molecule has 0 saturated carbocycles. The van der Waals surface area contributed by atoms with Crippen molar-refractivity contribution in [3.05, 3.63) is 12.2 Å². The van der Waals surface area contributed by atoms with Gasteiger partial charge in [0, 0.05) is 12.0 Å². The average molecular weight is 310 g/mol. The van der Waals surface area contributed by atoms with Gasteiger partial charge in [-0.05, 0) is 6.92 Å². The van der Waals surface area contributed by atoms with Crippen LogP contribution in [0.1, 0.15) is 20.8 Å². The number of hydrogen-bond donors (Lipinski definition) is 0. The highest BCUT2D eigenvalue weighted by Gasteiger charge is 2.31. The SMILES string of the molecule is C=C(C)CN(CC1OCC(C)(C)CO1)C(=O)C(Cl)Cl. The molecule has 1 heterocycles. The zero-order chi connectivity index (χ0) is 14.6. The van der Waals surface area contributed by atoms with E-state index in [9.17, 15) is 4.79 Å². The van der Waals surface area contributed by atoms with Gasteiger partial charge in [0.15, 0.2) is 11.1 Å². The predicted molar refractivity (Wildman–Crippen MR) is 76.4 cm³/mol. The van der Waals surface area contributed by atoms with E-state index in [1.807, 2.05) is 6.92 Å². The van der Waals surface area contributed by atoms with E-state index in [4.69, 9.17) is 32.7 Å². The largest absolute Gasteiger partial charge is 0.350 e. The van der Waals surface area contributed by atoms with Crippen molar-refractivity contribution in [2.75, 3.05) is 26.3 Å². The molecule has 4 nitrogen and oxygen atoms in total. The van der Waals surface area contributed by atoms with Gasteiger partial charge in [-0.15, -0.1) is 0 Å². The molecule has 1 rings (SSSR count). The molecule has 110 valence electrons. The van der Waals surface area contributed by atoms with Gasteiger partial charge in [-0.25, -0.2) is 0 Å². The van der Waals surface area contributed by atoms with Crippen molar-refractivity contribution in [3.63, 3.8) is 0 Å². The summed E-state index contributed by atoms with van der Waals surface area (Å²) in [7, 11) is 0. The van der Waals surface area contributed by atoms with E-state index < -0.39 is 11.1 Å². The third-order valence-corrected chi connectivity index (χ3v) is 3.02. The van der Waals surface area contributed by atoms with Crippen LogP contribution in [0.25, 0.3) is 0 Å². The second-order valence-electron chi connectivity index (χ2n) is 5.69. The van der Waals surface area contributed by atoms with Crippen LogP contribution in [0.3, 0.4) is 0 Å². The lowest BCUT2D eigenvalue weighted by Crippen LogP contribution is -2.47. The summed E-state index contributed by atoms with van der Waals surface area (Å²) in [4.78, 5) is 12.3. The van der Waals surface area contributed by atoms with Gasteiger partial charge in [0.25, 0.3) is 5.91 Å². The molecule has 19 heavy (non-hydrogen) atoms. The Bertz CT molecular complexity index is 335. The van der Waals surface area contributed by atoms with Crippen molar-refractivity contribution in [3.8, 4) is 0 Å². The number of rotatable bonds is 5. The van der Waals surface area contributed by atoms with Crippen LogP contribution >= 0.6 is 23.2 Å². The topological polar surface area (TPSA) is 38.8 Å². The Hall–Kier alpha value is -0.290. The maximum Gasteiger partial charge on any atom is 0.256 e. The van der Waals surface area contributed by atoms with Gasteiger partial charge in [0.2, 0.25) is 0 Å². The molecule has 0 aliphatic carbocycles. The van der Waals surface area contributed by atoms with Crippen molar-refractivity contribution >= 4 is 29.1 Å². The quantitative estimate of drug-likeness (QED) is 0.579. The standard InChI is InChI=1S/C13H21Cl2NO3/c1-9(2)5-16(12(17)11(14)15)6-10-18-7-13(3,4)8-19-10/h10-11H,1,5-8H2,2-4H3. The summed E-state index contributed by atoms with van der Waals surface area (Å²) in [5, 5.41) is 0. The van der Waals surface area contributed by atoms with E-state index >= 15 is 0 Å². The van der Waals surface area contributed by atoms with Gasteiger partial charge in [0.05, 0.1) is 19.8 Å². The van der Waals surface area contributed by atoms with Crippen LogP contribution in [0.4, 0.5) is 0 Å². The monoisotopic (exact) mass is 309 g/mol. The highest BCUT2D eigenvalue weighted by Crippen LogP contribution is 2.23. The molecule has 0 spiro atoms. The minimum Gasteiger partial charge on any atom is -0.350 e. The van der Waals surface area contributed by atoms with Gasteiger partial charge >= 0.3 is 0 Å². The molecular weight excluding hydrogens is 289 g/mol. The third kappa shape index (κ3) is 5.69. The van der Waals surface area contributed by atoms with Crippen molar-refractivity contribution in [1.82, 2.24) is 4.90 Å². The van der Waals surface area contributed by atoms with Crippen molar-refractivity contribution in [2.45, 2.75) is 31.9 Å². The zero-order valence-corrected chi connectivity index (χ0v) is 13.1. The normalized spacial score (nSPS) is 19.5. The Morgan fingerprint density at radius 1 is 1.42 bits per heavy atom. The maximum absolute atomic E-state index is 11.9. The lowest BCUT2D eigenvalue weighted by atomic mass is 9.96. The molecule has 0 aromatic heterocycles. The highest BCUT2D eigenvalue weighted by molar-refractivity contribution is 6.53. The molecule has 0 unspecified atom stereocenters. The van der Waals surface area contributed by atoms with Crippen LogP contribution in [0.5, 0.6) is 0 Å². The molecule has 0 bridgehead atoms. The molecule has 0 radical (unpaired) electrons. The van der Waals surface area contributed by atoms with Crippen LogP contribution < -0.4 is 0 Å². The number of carbonyl (C=O) groups excluding carboxylic acids is 1. The lowest BCUT2D eigenvalue weighted by Gasteiger charge is -2.37. The van der Waals surface area contributed by atoms with Crippen molar-refractivity contribution < 1.29 is 14.3 Å². The molecule has 0 aromatic carbocycles. The Kier molecular flexibility index (Phi) is 6.12. The van der Waals surface area contributed by atoms with E-state index in [1.54, 1.807) is 0 Å². The summed E-state index contributed by atoms with van der Waals surface area (Å²) >= 11 is 11.3. The van der Waals surface area contributed by atoms with Gasteiger partial charge in [-0.1, -0.05) is 49.2 Å². The minimum atomic E-state index is -1.08. The van der Waals surface area contributed by atoms with Gasteiger partial charge in [-0.2, -0.15) is 0 Å². The first-order chi connectivity index (χ1) is 8.71. The molecule has 6 heteroatoms. The smallest absolute Gasteiger partial charge is 0.256 e. The molecular formula is C13H21Cl2NO3. The first-order valence-electron chi connectivity index (χ1n) is 6.16. The van der Waals surface area contributed by atoms with Crippen LogP contribution in [-0.2, 0) is 14.3 Å². The summed E-state index contributed by atoms with van der Waals surface area (Å²) in [6.07, 6.45) is -0.441. The number of alkyl halides is 2. The number of hydrogen-bond acceptors (Lipinski definition) is 3. The summed E-state index contributed by atoms with van der Waals surface area (Å²) < 4.78 is 11.2. The van der Waals surface area contributed by atoms with E-state index in [1.165, 1.54) is 4.90 Å². The molecule has 1 saturated heterocycles. The van der Waals surface area contributed by atoms with Crippen molar-refractivity contribution in [1.29, 1.82) is 0 Å². The number of nitrogens with zero attached hydrogens (tertiary/aromatic N) is 1. The fourth-order valence-corrected chi connectivity index (χ4v) is 1.98. The van der Waals surface area contributed by atoms with Crippen LogP contribution in [0.2, 0.25) is 0 Å². The van der Waals surface area contributed by atoms with Crippen LogP contribution in [-0.4, -0.2) is 48.2 Å². The minimum absolute atomic E-state index is 0.00119. The van der Waals surface area contributed by atoms with E-state index in [2.05, 4.69) is 20.4 Å². The molecule has 1 amide bonds. The number of ether oxygens (including phenoxy) is 2. The summed E-state index contributed by atoms with van der Waals surface area (Å²) in [6.45, 7) is 11.6. The fraction of sp³-hybridized carbons (Fsp3) is 0.769. The van der Waals surface area contributed by atoms with E-state index in [-0.39, 0.29) is 11.3 Å². The Balaban J connectivity index is 2.58. The summed E-state index contributed by atoms with van der Waals surface area (Å²) in [5.41, 5.74) is 0.847. The molecule has 0 aromatic rings. The number of amides is 1. The molecule has 1 fully saturated rings. The van der Waals surface area contributed by atoms with Crippen LogP contribution in [0, 0.1) is 5.41 Å². The van der Waals surface area contributed by atoms with Gasteiger partial charge in [-0.3, -0.25) is 4.79 Å². The molecule has 0 N–H and O–H groups in total. The van der Waals surface area contributed by atoms with E-state index in [0.717, 1.165) is 5.57 Å². The Morgan fingerprint density at radius 3 is 2.37 bits per heavy atom. The number of halogens is 2. The third-order valence-electron chi connectivity index (χ3n) is 2.65. The zero-order valence-electron chi connectivity index (χ0n) is 11.6. The average Bonchev–Trinajstić information content (AvgIpc) is 2.29. The van der Waals surface area contributed by atoms with Gasteiger partial charge < -0.3 is 14.4 Å². The second-order valence-corrected chi connectivity index (χ2v) is 6.79. The fourth-order valence-electron chi connectivity index (χ4n) is 1.71. The summed E-state index contributed by atoms with van der Waals surface area (Å²) in [6, 6.07) is 0. The number of carbonyl (C=O) groups is 1.